The lowest BCUT2D eigenvalue weighted by Gasteiger charge is -2.33. The molecule has 10 nitrogen and oxygen atoms in total. The first kappa shape index (κ1) is 56.8. The van der Waals surface area contributed by atoms with Gasteiger partial charge in [0.1, 0.15) is 11.5 Å². The van der Waals surface area contributed by atoms with Gasteiger partial charge in [-0.15, -0.1) is 0 Å². The van der Waals surface area contributed by atoms with Gasteiger partial charge >= 0.3 is 0 Å². The van der Waals surface area contributed by atoms with E-state index in [9.17, 15) is 25.9 Å². The third-order valence-corrected chi connectivity index (χ3v) is 17.8. The third-order valence-electron chi connectivity index (χ3n) is 16.2. The highest BCUT2D eigenvalue weighted by molar-refractivity contribution is 7.86. The van der Waals surface area contributed by atoms with Gasteiger partial charge in [-0.2, -0.15) is 16.8 Å². The van der Waals surface area contributed by atoms with E-state index in [0.717, 1.165) is 72.1 Å². The number of nitrogens with zero attached hydrogens (tertiary/aromatic N) is 3. The summed E-state index contributed by atoms with van der Waals surface area (Å²) in [5, 5.41) is 4.76. The normalized spacial score (nSPS) is 18.4. The molecule has 0 bridgehead atoms. The van der Waals surface area contributed by atoms with Crippen molar-refractivity contribution in [2.75, 3.05) is 52.4 Å². The van der Waals surface area contributed by atoms with E-state index < -0.39 is 25.7 Å². The van der Waals surface area contributed by atoms with Crippen molar-refractivity contribution in [2.24, 2.45) is 0 Å². The number of hydrogen-bond donors (Lipinski definition) is 2. The number of rotatable bonds is 26. The number of anilines is 3. The van der Waals surface area contributed by atoms with Crippen LogP contribution in [0.4, 0.5) is 17.1 Å². The van der Waals surface area contributed by atoms with Gasteiger partial charge in [0.25, 0.3) is 20.2 Å². The molecule has 3 aliphatic rings. The minimum atomic E-state index is -4.08. The molecule has 408 valence electrons. The number of allylic oxidation sites excluding steroid dienone is 6. The second-order valence-electron chi connectivity index (χ2n) is 22.5. The maximum absolute atomic E-state index is 11.8. The van der Waals surface area contributed by atoms with Gasteiger partial charge in [-0.3, -0.25) is 9.11 Å². The van der Waals surface area contributed by atoms with Crippen molar-refractivity contribution < 1.29 is 30.7 Å². The molecule has 0 radical (unpaired) electrons. The molecule has 0 fully saturated rings. The lowest BCUT2D eigenvalue weighted by atomic mass is 9.78. The van der Waals surface area contributed by atoms with Gasteiger partial charge in [-0.25, -0.2) is 0 Å². The molecule has 1 atom stereocenters. The van der Waals surface area contributed by atoms with Gasteiger partial charge in [0.2, 0.25) is 0 Å². The highest BCUT2D eigenvalue weighted by atomic mass is 32.2. The Labute approximate surface area is 455 Å². The van der Waals surface area contributed by atoms with Crippen LogP contribution in [-0.4, -0.2) is 69.7 Å². The minimum Gasteiger partial charge on any atom is -0.457 e. The fourth-order valence-electron chi connectivity index (χ4n) is 12.3. The van der Waals surface area contributed by atoms with E-state index in [2.05, 4.69) is 178 Å². The molecule has 0 saturated heterocycles. The van der Waals surface area contributed by atoms with Crippen LogP contribution in [-0.2, 0) is 31.1 Å². The molecule has 0 amide bonds. The molecule has 2 N–H and O–H groups in total. The third kappa shape index (κ3) is 13.5. The lowest BCUT2D eigenvalue weighted by molar-refractivity contribution is 0.415. The average Bonchev–Trinajstić information content (AvgIpc) is 3.77. The van der Waals surface area contributed by atoms with Crippen LogP contribution in [0.5, 0.6) is 5.75 Å². The van der Waals surface area contributed by atoms with Crippen LogP contribution < -0.4 is 19.4 Å². The van der Waals surface area contributed by atoms with Crippen LogP contribution in [0.3, 0.4) is 0 Å². The van der Waals surface area contributed by atoms with Gasteiger partial charge < -0.3 is 19.4 Å². The Hall–Kier alpha value is -5.40. The summed E-state index contributed by atoms with van der Waals surface area (Å²) in [4.78, 5) is 7.33. The fraction of sp³-hybridized carbons (Fsp3) is 0.469. The predicted octanol–water partition coefficient (Wildman–Crippen LogP) is 15.4. The summed E-state index contributed by atoms with van der Waals surface area (Å²) in [6.07, 6.45) is 23.3. The van der Waals surface area contributed by atoms with Crippen LogP contribution >= 0.6 is 0 Å². The number of fused-ring (bicyclic) bond motifs is 6. The zero-order valence-corrected chi connectivity index (χ0v) is 47.7. The molecule has 0 spiro atoms. The van der Waals surface area contributed by atoms with Crippen LogP contribution in [0.2, 0.25) is 0 Å². The lowest BCUT2D eigenvalue weighted by Crippen LogP contribution is -2.40. The molecule has 8 rings (SSSR count). The quantitative estimate of drug-likeness (QED) is 0.0408. The highest BCUT2D eigenvalue weighted by Crippen LogP contribution is 2.52. The molecule has 5 aromatic rings. The van der Waals surface area contributed by atoms with Crippen LogP contribution in [0.15, 0.2) is 144 Å². The van der Waals surface area contributed by atoms with E-state index in [1.54, 1.807) is 0 Å². The van der Waals surface area contributed by atoms with Crippen molar-refractivity contribution in [3.8, 4) is 5.75 Å². The molecule has 1 unspecified atom stereocenters. The Balaban J connectivity index is 1.20. The maximum atomic E-state index is 11.8. The van der Waals surface area contributed by atoms with Gasteiger partial charge in [-0.1, -0.05) is 159 Å². The summed E-state index contributed by atoms with van der Waals surface area (Å²) < 4.78 is 73.6. The van der Waals surface area contributed by atoms with Crippen molar-refractivity contribution in [1.29, 1.82) is 0 Å². The summed E-state index contributed by atoms with van der Waals surface area (Å²) >= 11 is 0. The SMILES string of the molecule is CCCCCCN(CCCCCC)c1ccc(OC2=C(C=CC3N(CCCCS(=O)(=O)O)c4ccc5ccccc5c4C3(C)C)CCCC2=CC=C2N(CCCCS(=O)(=O)O)c3ccc4ccccc4c3C2(C)C)cc1. The Bertz CT molecular complexity index is 3160. The second-order valence-corrected chi connectivity index (χ2v) is 25.6. The van der Waals surface area contributed by atoms with E-state index >= 15 is 0 Å². The van der Waals surface area contributed by atoms with Crippen molar-refractivity contribution in [1.82, 2.24) is 0 Å². The van der Waals surface area contributed by atoms with Gasteiger partial charge in [0.05, 0.1) is 17.5 Å². The molecule has 76 heavy (non-hydrogen) atoms. The average molecular weight is 1070 g/mol. The van der Waals surface area contributed by atoms with Crippen molar-refractivity contribution >= 4 is 58.8 Å². The molecule has 2 heterocycles. The highest BCUT2D eigenvalue weighted by Gasteiger charge is 2.44. The number of unbranched alkanes of at least 4 members (excludes halogenated alkanes) is 8. The standard InChI is InChI=1S/C64H83N3O7S2/c1-7-9-11-17-42-65(43-18-12-10-8-2)52-34-36-53(37-35-52)74-62-50(32-40-58-63(3,4)60-54-28-15-13-24-48(54)30-38-56(60)66(58)44-19-21-46-75(68,69)70)26-23-27-51(62)33-41-59-64(5,6)61-55-29-16-14-25-49(55)31-39-57(61)67(59)45-20-22-47-76(71,72)73/h13-16,24-25,28-41,58H,7-12,17-23,26-27,42-47H2,1-6H3,(H,68,69,70)(H,71,72,73). The molecular formula is C64H83N3O7S2. The van der Waals surface area contributed by atoms with Crippen molar-refractivity contribution in [3.63, 3.8) is 0 Å². The zero-order valence-electron chi connectivity index (χ0n) is 46.1. The number of benzene rings is 5. The predicted molar refractivity (Wildman–Crippen MR) is 317 cm³/mol. The first-order chi connectivity index (χ1) is 36.4. The maximum Gasteiger partial charge on any atom is 0.264 e. The Morgan fingerprint density at radius 3 is 1.82 bits per heavy atom. The van der Waals surface area contributed by atoms with E-state index in [1.165, 1.54) is 89.7 Å². The van der Waals surface area contributed by atoms with Gasteiger partial charge in [0, 0.05) is 59.8 Å². The van der Waals surface area contributed by atoms with Crippen LogP contribution in [0.25, 0.3) is 21.5 Å². The first-order valence-electron chi connectivity index (χ1n) is 28.3. The zero-order chi connectivity index (χ0) is 54.1. The topological polar surface area (TPSA) is 128 Å². The molecular weight excluding hydrogens is 987 g/mol. The van der Waals surface area contributed by atoms with Crippen molar-refractivity contribution in [3.05, 3.63) is 155 Å². The Kier molecular flexibility index (Phi) is 18.6. The van der Waals surface area contributed by atoms with Crippen LogP contribution in [0.1, 0.15) is 149 Å². The molecule has 2 aliphatic heterocycles. The van der Waals surface area contributed by atoms with Crippen LogP contribution in [0, 0.1) is 0 Å². The summed E-state index contributed by atoms with van der Waals surface area (Å²) in [6.45, 7) is 17.0. The summed E-state index contributed by atoms with van der Waals surface area (Å²) in [6, 6.07) is 34.4. The second kappa shape index (κ2) is 24.9. The molecule has 5 aromatic carbocycles. The monoisotopic (exact) mass is 1070 g/mol. The van der Waals surface area contributed by atoms with Gasteiger partial charge in [0.15, 0.2) is 0 Å². The van der Waals surface area contributed by atoms with E-state index in [0.29, 0.717) is 38.8 Å². The molecule has 1 aliphatic carbocycles. The van der Waals surface area contributed by atoms with E-state index in [4.69, 9.17) is 4.74 Å². The summed E-state index contributed by atoms with van der Waals surface area (Å²) in [5.41, 5.74) is 8.60. The Morgan fingerprint density at radius 2 is 1.21 bits per heavy atom. The summed E-state index contributed by atoms with van der Waals surface area (Å²) in [5.74, 6) is 1.09. The van der Waals surface area contributed by atoms with E-state index in [-0.39, 0.29) is 23.0 Å². The molecule has 12 heteroatoms. The Morgan fingerprint density at radius 1 is 0.632 bits per heavy atom. The summed E-state index contributed by atoms with van der Waals surface area (Å²) in [7, 11) is -8.16. The molecule has 0 saturated carbocycles. The van der Waals surface area contributed by atoms with Gasteiger partial charge in [-0.05, 0) is 144 Å². The minimum absolute atomic E-state index is 0.0637. The largest absolute Gasteiger partial charge is 0.457 e. The van der Waals surface area contributed by atoms with Crippen molar-refractivity contribution in [2.45, 2.75) is 155 Å². The number of ether oxygens (including phenoxy) is 1. The molecule has 0 aromatic heterocycles. The van der Waals surface area contributed by atoms with E-state index in [1.807, 2.05) is 0 Å². The number of hydrogen-bond acceptors (Lipinski definition) is 8. The smallest absolute Gasteiger partial charge is 0.264 e. The first-order valence-corrected chi connectivity index (χ1v) is 31.5. The fourth-order valence-corrected chi connectivity index (χ4v) is 13.4.